The lowest BCUT2D eigenvalue weighted by Crippen LogP contribution is -2.34. The predicted molar refractivity (Wildman–Crippen MR) is 79.2 cm³/mol. The number of likely N-dealkylation sites (tertiary alicyclic amines) is 1. The zero-order valence-electron chi connectivity index (χ0n) is 12.4. The maximum absolute atomic E-state index is 11.2. The fraction of sp³-hybridized carbons (Fsp3) is 0.588. The number of carbonyl (C=O) groups is 1. The van der Waals surface area contributed by atoms with Gasteiger partial charge in [-0.05, 0) is 69.3 Å². The highest BCUT2D eigenvalue weighted by Crippen LogP contribution is 2.23. The second-order valence-corrected chi connectivity index (χ2v) is 6.00. The molecule has 0 spiro atoms. The van der Waals surface area contributed by atoms with E-state index in [-0.39, 0.29) is 0 Å². The molecule has 19 heavy (non-hydrogen) atoms. The van der Waals surface area contributed by atoms with Crippen molar-refractivity contribution in [1.29, 1.82) is 0 Å². The van der Waals surface area contributed by atoms with Gasteiger partial charge in [0.15, 0.2) is 0 Å². The normalized spacial score (nSPS) is 17.6. The van der Waals surface area contributed by atoms with Gasteiger partial charge in [-0.25, -0.2) is 0 Å². The fourth-order valence-electron chi connectivity index (χ4n) is 3.08. The molecule has 0 aliphatic carbocycles. The first-order valence-corrected chi connectivity index (χ1v) is 7.33. The first-order valence-electron chi connectivity index (χ1n) is 7.33. The Morgan fingerprint density at radius 1 is 1.21 bits per heavy atom. The number of aryl methyl sites for hydroxylation is 2. The van der Waals surface area contributed by atoms with Crippen molar-refractivity contribution in [3.05, 3.63) is 34.9 Å². The van der Waals surface area contributed by atoms with Gasteiger partial charge in [0.1, 0.15) is 5.78 Å². The Morgan fingerprint density at radius 3 is 2.32 bits per heavy atom. The summed E-state index contributed by atoms with van der Waals surface area (Å²) in [5.74, 6) is 0.958. The monoisotopic (exact) mass is 259 g/mol. The molecular weight excluding hydrogens is 234 g/mol. The minimum atomic E-state index is 0.341. The molecule has 104 valence electrons. The van der Waals surface area contributed by atoms with E-state index in [1.807, 2.05) is 0 Å². The molecule has 2 nitrogen and oxygen atoms in total. The van der Waals surface area contributed by atoms with Crippen LogP contribution >= 0.6 is 0 Å². The van der Waals surface area contributed by atoms with Crippen LogP contribution in [0.5, 0.6) is 0 Å². The number of hydrogen-bond acceptors (Lipinski definition) is 2. The first kappa shape index (κ1) is 14.3. The van der Waals surface area contributed by atoms with E-state index in [2.05, 4.69) is 36.9 Å². The maximum Gasteiger partial charge on any atom is 0.130 e. The van der Waals surface area contributed by atoms with Crippen LogP contribution in [0.3, 0.4) is 0 Å². The van der Waals surface area contributed by atoms with Crippen molar-refractivity contribution in [1.82, 2.24) is 4.90 Å². The second-order valence-electron chi connectivity index (χ2n) is 6.00. The van der Waals surface area contributed by atoms with Crippen LogP contribution in [-0.2, 0) is 11.3 Å². The lowest BCUT2D eigenvalue weighted by molar-refractivity contribution is -0.118. The molecule has 1 aromatic rings. The minimum Gasteiger partial charge on any atom is -0.300 e. The van der Waals surface area contributed by atoms with Gasteiger partial charge in [0.05, 0.1) is 0 Å². The SMILES string of the molecule is CC(=O)CC1CCN(Cc2c(C)cccc2C)CC1. The number of piperidine rings is 1. The molecule has 0 aromatic heterocycles. The van der Waals surface area contributed by atoms with Crippen LogP contribution in [0.15, 0.2) is 18.2 Å². The largest absolute Gasteiger partial charge is 0.300 e. The minimum absolute atomic E-state index is 0.341. The first-order chi connectivity index (χ1) is 9.06. The summed E-state index contributed by atoms with van der Waals surface area (Å²) in [6.45, 7) is 9.43. The molecule has 0 atom stereocenters. The van der Waals surface area contributed by atoms with Crippen LogP contribution in [0.4, 0.5) is 0 Å². The molecule has 1 aliphatic rings. The smallest absolute Gasteiger partial charge is 0.130 e. The summed E-state index contributed by atoms with van der Waals surface area (Å²) in [6.07, 6.45) is 3.12. The molecule has 1 fully saturated rings. The highest BCUT2D eigenvalue weighted by molar-refractivity contribution is 5.75. The van der Waals surface area contributed by atoms with Gasteiger partial charge < -0.3 is 4.79 Å². The van der Waals surface area contributed by atoms with Crippen LogP contribution in [0.2, 0.25) is 0 Å². The molecular formula is C17H25NO. The van der Waals surface area contributed by atoms with E-state index in [4.69, 9.17) is 0 Å². The molecule has 1 heterocycles. The molecule has 1 aromatic carbocycles. The lowest BCUT2D eigenvalue weighted by atomic mass is 9.91. The summed E-state index contributed by atoms with van der Waals surface area (Å²) < 4.78 is 0. The van der Waals surface area contributed by atoms with Crippen LogP contribution in [0.1, 0.15) is 42.9 Å². The molecule has 0 radical (unpaired) electrons. The molecule has 0 N–H and O–H groups in total. The number of carbonyl (C=O) groups excluding carboxylic acids is 1. The molecule has 1 aliphatic heterocycles. The van der Waals surface area contributed by atoms with Gasteiger partial charge in [-0.1, -0.05) is 18.2 Å². The average Bonchev–Trinajstić information content (AvgIpc) is 2.35. The predicted octanol–water partition coefficient (Wildman–Crippen LogP) is 3.49. The van der Waals surface area contributed by atoms with Crippen molar-refractivity contribution < 1.29 is 4.79 Å². The number of Topliss-reactive ketones (excluding diaryl/α,β-unsaturated/α-hetero) is 1. The number of nitrogens with zero attached hydrogens (tertiary/aromatic N) is 1. The Kier molecular flexibility index (Phi) is 4.76. The van der Waals surface area contributed by atoms with Crippen LogP contribution < -0.4 is 0 Å². The summed E-state index contributed by atoms with van der Waals surface area (Å²) in [5.41, 5.74) is 4.27. The molecule has 1 saturated heterocycles. The third kappa shape index (κ3) is 3.90. The standard InChI is InChI=1S/C17H25NO/c1-13-5-4-6-14(2)17(13)12-18-9-7-16(8-10-18)11-15(3)19/h4-6,16H,7-12H2,1-3H3. The molecule has 2 rings (SSSR count). The van der Waals surface area contributed by atoms with Gasteiger partial charge in [0.2, 0.25) is 0 Å². The van der Waals surface area contributed by atoms with E-state index in [0.29, 0.717) is 11.7 Å². The number of ketones is 1. The number of benzene rings is 1. The van der Waals surface area contributed by atoms with Gasteiger partial charge >= 0.3 is 0 Å². The summed E-state index contributed by atoms with van der Waals surface area (Å²) in [6, 6.07) is 6.53. The maximum atomic E-state index is 11.2. The van der Waals surface area contributed by atoms with E-state index in [9.17, 15) is 4.79 Å². The average molecular weight is 259 g/mol. The van der Waals surface area contributed by atoms with Gasteiger partial charge in [0.25, 0.3) is 0 Å². The van der Waals surface area contributed by atoms with Crippen molar-refractivity contribution in [2.75, 3.05) is 13.1 Å². The Balaban J connectivity index is 1.91. The van der Waals surface area contributed by atoms with Crippen LogP contribution in [-0.4, -0.2) is 23.8 Å². The highest BCUT2D eigenvalue weighted by Gasteiger charge is 2.20. The van der Waals surface area contributed by atoms with Crippen molar-refractivity contribution >= 4 is 5.78 Å². The van der Waals surface area contributed by atoms with E-state index >= 15 is 0 Å². The van der Waals surface area contributed by atoms with E-state index in [1.165, 1.54) is 29.5 Å². The highest BCUT2D eigenvalue weighted by atomic mass is 16.1. The third-order valence-corrected chi connectivity index (χ3v) is 4.31. The van der Waals surface area contributed by atoms with Gasteiger partial charge in [-0.3, -0.25) is 4.90 Å². The molecule has 0 amide bonds. The number of rotatable bonds is 4. The zero-order valence-corrected chi connectivity index (χ0v) is 12.4. The summed E-state index contributed by atoms with van der Waals surface area (Å²) >= 11 is 0. The molecule has 0 bridgehead atoms. The fourth-order valence-corrected chi connectivity index (χ4v) is 3.08. The Hall–Kier alpha value is -1.15. The second kappa shape index (κ2) is 6.33. The van der Waals surface area contributed by atoms with Gasteiger partial charge in [-0.15, -0.1) is 0 Å². The van der Waals surface area contributed by atoms with Gasteiger partial charge in [-0.2, -0.15) is 0 Å². The molecule has 2 heteroatoms. The van der Waals surface area contributed by atoms with Crippen LogP contribution in [0.25, 0.3) is 0 Å². The van der Waals surface area contributed by atoms with E-state index in [0.717, 1.165) is 26.1 Å². The van der Waals surface area contributed by atoms with Crippen molar-refractivity contribution in [2.45, 2.75) is 46.6 Å². The van der Waals surface area contributed by atoms with Gasteiger partial charge in [0, 0.05) is 13.0 Å². The molecule has 0 unspecified atom stereocenters. The van der Waals surface area contributed by atoms with Crippen molar-refractivity contribution in [2.24, 2.45) is 5.92 Å². The summed E-state index contributed by atoms with van der Waals surface area (Å²) in [5, 5.41) is 0. The van der Waals surface area contributed by atoms with E-state index < -0.39 is 0 Å². The Morgan fingerprint density at radius 2 is 1.79 bits per heavy atom. The Bertz CT molecular complexity index is 424. The molecule has 0 saturated carbocycles. The van der Waals surface area contributed by atoms with E-state index in [1.54, 1.807) is 6.92 Å². The van der Waals surface area contributed by atoms with Crippen LogP contribution in [0, 0.1) is 19.8 Å². The lowest BCUT2D eigenvalue weighted by Gasteiger charge is -2.32. The number of hydrogen-bond donors (Lipinski definition) is 0. The quantitative estimate of drug-likeness (QED) is 0.825. The van der Waals surface area contributed by atoms with Crippen molar-refractivity contribution in [3.63, 3.8) is 0 Å². The summed E-state index contributed by atoms with van der Waals surface area (Å²) in [4.78, 5) is 13.7. The topological polar surface area (TPSA) is 20.3 Å². The Labute approximate surface area is 116 Å². The summed E-state index contributed by atoms with van der Waals surface area (Å²) in [7, 11) is 0. The van der Waals surface area contributed by atoms with Crippen molar-refractivity contribution in [3.8, 4) is 0 Å². The zero-order chi connectivity index (χ0) is 13.8. The third-order valence-electron chi connectivity index (χ3n) is 4.31.